The van der Waals surface area contributed by atoms with E-state index in [0.29, 0.717) is 5.75 Å². The fourth-order valence-corrected chi connectivity index (χ4v) is 2.06. The fourth-order valence-electron chi connectivity index (χ4n) is 2.06. The number of esters is 1. The van der Waals surface area contributed by atoms with Gasteiger partial charge in [-0.1, -0.05) is 6.07 Å². The van der Waals surface area contributed by atoms with Gasteiger partial charge in [-0.25, -0.2) is 4.79 Å². The van der Waals surface area contributed by atoms with Crippen molar-refractivity contribution < 1.29 is 19.4 Å². The molecule has 92 valence electrons. The molecule has 0 amide bonds. The van der Waals surface area contributed by atoms with Crippen molar-refractivity contribution in [3.05, 3.63) is 29.3 Å². The van der Waals surface area contributed by atoms with Crippen molar-refractivity contribution in [1.29, 1.82) is 0 Å². The fraction of sp³-hybridized carbons (Fsp3) is 0.462. The summed E-state index contributed by atoms with van der Waals surface area (Å²) >= 11 is 0. The molecule has 1 aliphatic carbocycles. The predicted molar refractivity (Wildman–Crippen MR) is 61.8 cm³/mol. The number of ether oxygens (including phenoxy) is 2. The van der Waals surface area contributed by atoms with Crippen LogP contribution in [0.15, 0.2) is 18.2 Å². The van der Waals surface area contributed by atoms with Gasteiger partial charge in [0.1, 0.15) is 5.75 Å². The first-order valence-corrected chi connectivity index (χ1v) is 5.67. The van der Waals surface area contributed by atoms with E-state index in [9.17, 15) is 9.90 Å². The van der Waals surface area contributed by atoms with Gasteiger partial charge in [0.15, 0.2) is 6.10 Å². The van der Waals surface area contributed by atoms with Crippen LogP contribution in [0.3, 0.4) is 0 Å². The number of methoxy groups -OCH3 is 1. The van der Waals surface area contributed by atoms with E-state index >= 15 is 0 Å². The number of aliphatic hydroxyl groups excluding tert-OH is 1. The standard InChI is InChI=1S/C13H16O4/c1-8(13(15)16-2)17-10-4-5-11-9(7-10)3-6-12(11)14/h4-5,7-8,12,14H,3,6H2,1-2H3/t8?,12-/m0/s1. The molecule has 0 saturated carbocycles. The van der Waals surface area contributed by atoms with E-state index in [0.717, 1.165) is 24.0 Å². The van der Waals surface area contributed by atoms with Crippen molar-refractivity contribution >= 4 is 5.97 Å². The van der Waals surface area contributed by atoms with Crippen molar-refractivity contribution in [3.63, 3.8) is 0 Å². The second-order valence-electron chi connectivity index (χ2n) is 4.20. The lowest BCUT2D eigenvalue weighted by Gasteiger charge is -2.13. The molecule has 0 bridgehead atoms. The van der Waals surface area contributed by atoms with Crippen molar-refractivity contribution in [1.82, 2.24) is 0 Å². The second-order valence-corrected chi connectivity index (χ2v) is 4.20. The van der Waals surface area contributed by atoms with Gasteiger partial charge in [-0.05, 0) is 43.0 Å². The lowest BCUT2D eigenvalue weighted by molar-refractivity contribution is -0.147. The van der Waals surface area contributed by atoms with Crippen LogP contribution in [0.25, 0.3) is 0 Å². The molecule has 2 rings (SSSR count). The molecular weight excluding hydrogens is 220 g/mol. The normalized spacial score (nSPS) is 19.6. The van der Waals surface area contributed by atoms with Crippen LogP contribution in [0.2, 0.25) is 0 Å². The van der Waals surface area contributed by atoms with Gasteiger partial charge in [0.05, 0.1) is 13.2 Å². The first-order chi connectivity index (χ1) is 8.11. The van der Waals surface area contributed by atoms with Gasteiger partial charge in [0.25, 0.3) is 0 Å². The predicted octanol–water partition coefficient (Wildman–Crippen LogP) is 1.61. The third-order valence-electron chi connectivity index (χ3n) is 3.01. The van der Waals surface area contributed by atoms with Crippen LogP contribution in [0.4, 0.5) is 0 Å². The highest BCUT2D eigenvalue weighted by molar-refractivity contribution is 5.74. The minimum atomic E-state index is -0.621. The number of fused-ring (bicyclic) bond motifs is 1. The molecule has 4 nitrogen and oxygen atoms in total. The van der Waals surface area contributed by atoms with E-state index in [1.807, 2.05) is 12.1 Å². The number of aliphatic hydroxyl groups is 1. The zero-order valence-corrected chi connectivity index (χ0v) is 9.97. The third-order valence-corrected chi connectivity index (χ3v) is 3.01. The van der Waals surface area contributed by atoms with Crippen molar-refractivity contribution in [2.45, 2.75) is 32.0 Å². The molecule has 0 fully saturated rings. The smallest absolute Gasteiger partial charge is 0.346 e. The Hall–Kier alpha value is -1.55. The third kappa shape index (κ3) is 2.42. The molecule has 0 aliphatic heterocycles. The molecule has 17 heavy (non-hydrogen) atoms. The topological polar surface area (TPSA) is 55.8 Å². The van der Waals surface area contributed by atoms with Crippen LogP contribution >= 0.6 is 0 Å². The summed E-state index contributed by atoms with van der Waals surface area (Å²) in [5.74, 6) is 0.237. The van der Waals surface area contributed by atoms with Crippen molar-refractivity contribution in [3.8, 4) is 5.75 Å². The maximum Gasteiger partial charge on any atom is 0.346 e. The molecule has 1 N–H and O–H groups in total. The monoisotopic (exact) mass is 236 g/mol. The van der Waals surface area contributed by atoms with Gasteiger partial charge in [-0.15, -0.1) is 0 Å². The second kappa shape index (κ2) is 4.75. The molecule has 1 aromatic carbocycles. The maximum atomic E-state index is 11.2. The number of hydrogen-bond acceptors (Lipinski definition) is 4. The number of hydrogen-bond donors (Lipinski definition) is 1. The lowest BCUT2D eigenvalue weighted by atomic mass is 10.1. The van der Waals surface area contributed by atoms with Crippen LogP contribution < -0.4 is 4.74 Å². The van der Waals surface area contributed by atoms with E-state index in [-0.39, 0.29) is 6.10 Å². The van der Waals surface area contributed by atoms with Crippen LogP contribution in [0.5, 0.6) is 5.75 Å². The van der Waals surface area contributed by atoms with Gasteiger partial charge in [0, 0.05) is 0 Å². The summed E-state index contributed by atoms with van der Waals surface area (Å²) in [6.45, 7) is 1.65. The first kappa shape index (κ1) is 11.9. The van der Waals surface area contributed by atoms with Crippen LogP contribution in [-0.2, 0) is 16.0 Å². The average Bonchev–Trinajstić information content (AvgIpc) is 2.69. The highest BCUT2D eigenvalue weighted by atomic mass is 16.6. The van der Waals surface area contributed by atoms with Crippen LogP contribution in [0.1, 0.15) is 30.6 Å². The van der Waals surface area contributed by atoms with Crippen LogP contribution in [0, 0.1) is 0 Å². The summed E-state index contributed by atoms with van der Waals surface area (Å²) in [6.07, 6.45) is 0.618. The van der Waals surface area contributed by atoms with Gasteiger partial charge in [0.2, 0.25) is 0 Å². The number of carbonyl (C=O) groups excluding carboxylic acids is 1. The van der Waals surface area contributed by atoms with Gasteiger partial charge in [-0.2, -0.15) is 0 Å². The zero-order chi connectivity index (χ0) is 12.4. The molecule has 1 aromatic rings. The highest BCUT2D eigenvalue weighted by Crippen LogP contribution is 2.33. The largest absolute Gasteiger partial charge is 0.479 e. The van der Waals surface area contributed by atoms with Crippen molar-refractivity contribution in [2.75, 3.05) is 7.11 Å². The molecule has 2 atom stereocenters. The quantitative estimate of drug-likeness (QED) is 0.810. The Labute approximate surface area is 100 Å². The molecule has 0 heterocycles. The summed E-state index contributed by atoms with van der Waals surface area (Å²) in [7, 11) is 1.33. The Balaban J connectivity index is 2.11. The molecule has 0 aromatic heterocycles. The number of carbonyl (C=O) groups is 1. The molecule has 1 unspecified atom stereocenters. The summed E-state index contributed by atoms with van der Waals surface area (Å²) in [4.78, 5) is 11.2. The average molecular weight is 236 g/mol. The number of benzene rings is 1. The van der Waals surface area contributed by atoms with E-state index in [1.54, 1.807) is 13.0 Å². The van der Waals surface area contributed by atoms with E-state index in [1.165, 1.54) is 7.11 Å². The molecule has 0 spiro atoms. The van der Waals surface area contributed by atoms with E-state index in [4.69, 9.17) is 4.74 Å². The Morgan fingerprint density at radius 2 is 2.29 bits per heavy atom. The Morgan fingerprint density at radius 3 is 3.00 bits per heavy atom. The van der Waals surface area contributed by atoms with Crippen LogP contribution in [-0.4, -0.2) is 24.3 Å². The summed E-state index contributed by atoms with van der Waals surface area (Å²) < 4.78 is 10.1. The highest BCUT2D eigenvalue weighted by Gasteiger charge is 2.21. The minimum absolute atomic E-state index is 0.364. The summed E-state index contributed by atoms with van der Waals surface area (Å²) in [5, 5.41) is 9.67. The Kier molecular flexibility index (Phi) is 3.33. The van der Waals surface area contributed by atoms with Gasteiger partial charge in [-0.3, -0.25) is 0 Å². The Bertz CT molecular complexity index is 427. The number of aryl methyl sites for hydroxylation is 1. The molecular formula is C13H16O4. The molecule has 1 aliphatic rings. The van der Waals surface area contributed by atoms with Gasteiger partial charge < -0.3 is 14.6 Å². The SMILES string of the molecule is COC(=O)C(C)Oc1ccc2c(c1)CC[C@@H]2O. The van der Waals surface area contributed by atoms with E-state index in [2.05, 4.69) is 4.74 Å². The molecule has 4 heteroatoms. The lowest BCUT2D eigenvalue weighted by Crippen LogP contribution is -2.24. The summed E-state index contributed by atoms with van der Waals surface area (Å²) in [6, 6.07) is 5.50. The van der Waals surface area contributed by atoms with Gasteiger partial charge >= 0.3 is 5.97 Å². The zero-order valence-electron chi connectivity index (χ0n) is 9.97. The Morgan fingerprint density at radius 1 is 1.53 bits per heavy atom. The van der Waals surface area contributed by atoms with E-state index < -0.39 is 12.1 Å². The maximum absolute atomic E-state index is 11.2. The summed E-state index contributed by atoms with van der Waals surface area (Å²) in [5.41, 5.74) is 2.05. The van der Waals surface area contributed by atoms with Crippen molar-refractivity contribution in [2.24, 2.45) is 0 Å². The number of rotatable bonds is 3. The molecule has 0 saturated heterocycles. The first-order valence-electron chi connectivity index (χ1n) is 5.67. The molecule has 0 radical (unpaired) electrons. The minimum Gasteiger partial charge on any atom is -0.479 e.